The van der Waals surface area contributed by atoms with E-state index >= 15 is 0 Å². The maximum atomic E-state index is 13.8. The van der Waals surface area contributed by atoms with E-state index in [1.165, 1.54) is 7.05 Å². The zero-order valence-corrected chi connectivity index (χ0v) is 19.0. The highest BCUT2D eigenvalue weighted by Gasteiger charge is 2.37. The lowest BCUT2D eigenvalue weighted by atomic mass is 9.87. The highest BCUT2D eigenvalue weighted by atomic mass is 79.9. The molecule has 0 aliphatic heterocycles. The maximum absolute atomic E-state index is 13.8. The molecule has 0 aromatic heterocycles. The van der Waals surface area contributed by atoms with Gasteiger partial charge in [-0.05, 0) is 60.7 Å². The molecule has 0 heterocycles. The number of rotatable bonds is 6. The fraction of sp³-hybridized carbons (Fsp3) is 0.350. The maximum Gasteiger partial charge on any atom is 0.416 e. The number of carboxylic acid groups (broad SMARTS) is 1. The van der Waals surface area contributed by atoms with Gasteiger partial charge in [0.15, 0.2) is 6.61 Å². The minimum Gasteiger partial charge on any atom is -0.482 e. The van der Waals surface area contributed by atoms with Crippen LogP contribution in [0.5, 0.6) is 5.75 Å². The number of halogens is 5. The molecule has 1 aliphatic carbocycles. The molecule has 1 aliphatic rings. The van der Waals surface area contributed by atoms with Crippen molar-refractivity contribution in [2.75, 3.05) is 13.7 Å². The molecule has 0 bridgehead atoms. The van der Waals surface area contributed by atoms with Gasteiger partial charge in [0.25, 0.3) is 0 Å². The molecule has 2 aromatic rings. The quantitative estimate of drug-likeness (QED) is 0.534. The SMILES string of the molecule is CN([C@@H]1CCCc2c(OCC(=O)O)cc(Br)cc21)S(=O)(=O)c1cc(F)cc(C(F)(F)F)c1. The summed E-state index contributed by atoms with van der Waals surface area (Å²) < 4.78 is 86.1. The second kappa shape index (κ2) is 8.99. The van der Waals surface area contributed by atoms with Crippen LogP contribution in [0.2, 0.25) is 0 Å². The predicted octanol–water partition coefficient (Wildman–Crippen LogP) is 4.77. The Hall–Kier alpha value is -2.18. The molecule has 0 radical (unpaired) electrons. The number of carboxylic acids is 1. The molecule has 0 unspecified atom stereocenters. The third kappa shape index (κ3) is 5.07. The van der Waals surface area contributed by atoms with Crippen LogP contribution in [0.4, 0.5) is 17.6 Å². The Labute approximate surface area is 190 Å². The van der Waals surface area contributed by atoms with Crippen molar-refractivity contribution in [1.29, 1.82) is 0 Å². The van der Waals surface area contributed by atoms with Gasteiger partial charge in [0, 0.05) is 11.5 Å². The topological polar surface area (TPSA) is 83.9 Å². The molecule has 0 saturated carbocycles. The summed E-state index contributed by atoms with van der Waals surface area (Å²) >= 11 is 3.29. The molecule has 0 spiro atoms. The number of sulfonamides is 1. The molecule has 174 valence electrons. The Balaban J connectivity index is 2.04. The number of hydrogen-bond donors (Lipinski definition) is 1. The fourth-order valence-electron chi connectivity index (χ4n) is 3.68. The molecular weight excluding hydrogens is 522 g/mol. The minimum atomic E-state index is -4.91. The van der Waals surface area contributed by atoms with E-state index in [4.69, 9.17) is 9.84 Å². The molecule has 3 rings (SSSR count). The summed E-state index contributed by atoms with van der Waals surface area (Å²) in [6.45, 7) is -0.592. The Kier molecular flexibility index (Phi) is 6.87. The molecule has 0 fully saturated rings. The van der Waals surface area contributed by atoms with Crippen molar-refractivity contribution in [2.24, 2.45) is 0 Å². The van der Waals surface area contributed by atoms with Crippen molar-refractivity contribution in [1.82, 2.24) is 4.31 Å². The average molecular weight is 540 g/mol. The van der Waals surface area contributed by atoms with Crippen LogP contribution in [0.15, 0.2) is 39.7 Å². The zero-order chi connectivity index (χ0) is 23.8. The van der Waals surface area contributed by atoms with Crippen LogP contribution in [-0.4, -0.2) is 37.5 Å². The highest BCUT2D eigenvalue weighted by molar-refractivity contribution is 9.10. The largest absolute Gasteiger partial charge is 0.482 e. The first-order chi connectivity index (χ1) is 14.8. The first-order valence-electron chi connectivity index (χ1n) is 9.33. The van der Waals surface area contributed by atoms with E-state index < -0.39 is 51.1 Å². The number of benzene rings is 2. The third-order valence-electron chi connectivity index (χ3n) is 5.14. The van der Waals surface area contributed by atoms with E-state index in [-0.39, 0.29) is 11.8 Å². The van der Waals surface area contributed by atoms with Gasteiger partial charge in [-0.3, -0.25) is 0 Å². The van der Waals surface area contributed by atoms with Gasteiger partial charge in [0.2, 0.25) is 10.0 Å². The molecule has 0 amide bonds. The van der Waals surface area contributed by atoms with Crippen molar-refractivity contribution in [3.63, 3.8) is 0 Å². The summed E-state index contributed by atoms with van der Waals surface area (Å²) in [5, 5.41) is 8.89. The standard InChI is InChI=1S/C20H18BrF4NO5S/c1-26(32(29,30)14-6-11(20(23,24)25)5-13(22)9-14)17-4-2-3-15-16(17)7-12(21)8-18(15)31-10-19(27)28/h5-9,17H,2-4,10H2,1H3,(H,27,28)/t17-/m1/s1. The van der Waals surface area contributed by atoms with E-state index in [2.05, 4.69) is 15.9 Å². The lowest BCUT2D eigenvalue weighted by molar-refractivity contribution is -0.139. The van der Waals surface area contributed by atoms with E-state index in [1.807, 2.05) is 0 Å². The third-order valence-corrected chi connectivity index (χ3v) is 7.44. The molecule has 0 saturated heterocycles. The van der Waals surface area contributed by atoms with E-state index in [1.54, 1.807) is 12.1 Å². The summed E-state index contributed by atoms with van der Waals surface area (Å²) in [5.74, 6) is -2.22. The first kappa shape index (κ1) is 24.5. The van der Waals surface area contributed by atoms with Crippen LogP contribution in [0.25, 0.3) is 0 Å². The summed E-state index contributed by atoms with van der Waals surface area (Å²) in [6, 6.07) is 3.64. The number of ether oxygens (including phenoxy) is 1. The summed E-state index contributed by atoms with van der Waals surface area (Å²) in [6.07, 6.45) is -3.53. The summed E-state index contributed by atoms with van der Waals surface area (Å²) in [5.41, 5.74) is -0.256. The lowest BCUT2D eigenvalue weighted by Crippen LogP contribution is -2.34. The van der Waals surface area contributed by atoms with Gasteiger partial charge in [0.1, 0.15) is 11.6 Å². The number of aliphatic carboxylic acids is 1. The summed E-state index contributed by atoms with van der Waals surface area (Å²) in [4.78, 5) is 10.1. The van der Waals surface area contributed by atoms with Crippen LogP contribution in [0.3, 0.4) is 0 Å². The molecule has 1 N–H and O–H groups in total. The van der Waals surface area contributed by atoms with Gasteiger partial charge in [-0.2, -0.15) is 17.5 Å². The van der Waals surface area contributed by atoms with Crippen LogP contribution in [0.1, 0.15) is 35.6 Å². The van der Waals surface area contributed by atoms with Gasteiger partial charge < -0.3 is 9.84 Å². The normalized spacial score (nSPS) is 16.7. The molecule has 32 heavy (non-hydrogen) atoms. The van der Waals surface area contributed by atoms with Crippen molar-refractivity contribution in [3.8, 4) is 5.75 Å². The Bertz CT molecular complexity index is 1150. The number of fused-ring (bicyclic) bond motifs is 1. The Morgan fingerprint density at radius 1 is 1.25 bits per heavy atom. The second-order valence-corrected chi connectivity index (χ2v) is 10.2. The lowest BCUT2D eigenvalue weighted by Gasteiger charge is -2.33. The number of alkyl halides is 3. The zero-order valence-electron chi connectivity index (χ0n) is 16.6. The average Bonchev–Trinajstić information content (AvgIpc) is 2.69. The van der Waals surface area contributed by atoms with Crippen LogP contribution < -0.4 is 4.74 Å². The van der Waals surface area contributed by atoms with Gasteiger partial charge >= 0.3 is 12.1 Å². The number of hydrogen-bond acceptors (Lipinski definition) is 4. The monoisotopic (exact) mass is 539 g/mol. The van der Waals surface area contributed by atoms with E-state index in [0.29, 0.717) is 47.0 Å². The molecule has 12 heteroatoms. The Morgan fingerprint density at radius 2 is 1.94 bits per heavy atom. The molecular formula is C20H18BrF4NO5S. The van der Waals surface area contributed by atoms with Crippen molar-refractivity contribution >= 4 is 31.9 Å². The smallest absolute Gasteiger partial charge is 0.416 e. The van der Waals surface area contributed by atoms with Crippen LogP contribution in [-0.2, 0) is 27.4 Å². The van der Waals surface area contributed by atoms with Gasteiger partial charge in [0.05, 0.1) is 16.5 Å². The number of carbonyl (C=O) groups is 1. The van der Waals surface area contributed by atoms with Crippen molar-refractivity contribution < 1.29 is 40.6 Å². The predicted molar refractivity (Wildman–Crippen MR) is 109 cm³/mol. The summed E-state index contributed by atoms with van der Waals surface area (Å²) in [7, 11) is -3.28. The van der Waals surface area contributed by atoms with Crippen molar-refractivity contribution in [2.45, 2.75) is 36.4 Å². The number of nitrogens with zero attached hydrogens (tertiary/aromatic N) is 1. The fourth-order valence-corrected chi connectivity index (χ4v) is 5.56. The molecule has 2 aromatic carbocycles. The highest BCUT2D eigenvalue weighted by Crippen LogP contribution is 2.42. The minimum absolute atomic E-state index is 0.234. The Morgan fingerprint density at radius 3 is 2.56 bits per heavy atom. The van der Waals surface area contributed by atoms with Crippen molar-refractivity contribution in [3.05, 3.63) is 57.3 Å². The van der Waals surface area contributed by atoms with E-state index in [0.717, 1.165) is 4.31 Å². The van der Waals surface area contributed by atoms with Crippen LogP contribution >= 0.6 is 15.9 Å². The molecule has 6 nitrogen and oxygen atoms in total. The van der Waals surface area contributed by atoms with E-state index in [9.17, 15) is 30.8 Å². The first-order valence-corrected chi connectivity index (χ1v) is 11.6. The van der Waals surface area contributed by atoms with Gasteiger partial charge in [-0.15, -0.1) is 0 Å². The molecule has 1 atom stereocenters. The van der Waals surface area contributed by atoms with Gasteiger partial charge in [-0.25, -0.2) is 17.6 Å². The van der Waals surface area contributed by atoms with Gasteiger partial charge in [-0.1, -0.05) is 15.9 Å². The van der Waals surface area contributed by atoms with Crippen LogP contribution in [0, 0.1) is 5.82 Å². The second-order valence-electron chi connectivity index (χ2n) is 7.26.